The van der Waals surface area contributed by atoms with E-state index in [1.165, 1.54) is 17.1 Å². The molecule has 26 heavy (non-hydrogen) atoms. The number of nitrogens with zero attached hydrogens (tertiary/aromatic N) is 5. The minimum absolute atomic E-state index is 0.913. The predicted molar refractivity (Wildman–Crippen MR) is 102 cm³/mol. The van der Waals surface area contributed by atoms with Gasteiger partial charge in [0.05, 0.1) is 19.3 Å². The Morgan fingerprint density at radius 1 is 0.923 bits per heavy atom. The van der Waals surface area contributed by atoms with E-state index >= 15 is 0 Å². The summed E-state index contributed by atoms with van der Waals surface area (Å²) in [5.41, 5.74) is 2.69. The topological polar surface area (TPSA) is 36.8 Å². The van der Waals surface area contributed by atoms with Gasteiger partial charge in [-0.3, -0.25) is 9.80 Å². The van der Waals surface area contributed by atoms with Gasteiger partial charge < -0.3 is 14.2 Å². The number of ether oxygens (including phenoxy) is 1. The molecule has 1 saturated heterocycles. The van der Waals surface area contributed by atoms with Gasteiger partial charge in [-0.25, -0.2) is 4.98 Å². The van der Waals surface area contributed by atoms with Crippen LogP contribution in [0.1, 0.15) is 17.1 Å². The highest BCUT2D eigenvalue weighted by molar-refractivity contribution is 5.27. The molecule has 1 aromatic heterocycles. The van der Waals surface area contributed by atoms with Gasteiger partial charge in [0.1, 0.15) is 11.6 Å². The quantitative estimate of drug-likeness (QED) is 0.815. The van der Waals surface area contributed by atoms with Crippen LogP contribution in [-0.2, 0) is 26.2 Å². The van der Waals surface area contributed by atoms with Crippen LogP contribution in [-0.4, -0.2) is 71.1 Å². The fourth-order valence-electron chi connectivity index (χ4n) is 3.86. The Morgan fingerprint density at radius 3 is 2.38 bits per heavy atom. The first-order chi connectivity index (χ1) is 12.7. The van der Waals surface area contributed by atoms with Gasteiger partial charge in [-0.15, -0.1) is 0 Å². The lowest BCUT2D eigenvalue weighted by Gasteiger charge is -2.33. The van der Waals surface area contributed by atoms with Crippen LogP contribution in [0.2, 0.25) is 0 Å². The molecule has 0 aliphatic carbocycles. The van der Waals surface area contributed by atoms with E-state index in [0.717, 1.165) is 64.7 Å². The SMILES string of the molecule is COc1ccc(CN2CCn3c(CN4CCN(C)CC4)cnc3C2)cc1. The van der Waals surface area contributed by atoms with Crippen LogP contribution in [0.4, 0.5) is 0 Å². The van der Waals surface area contributed by atoms with Crippen molar-refractivity contribution in [1.29, 1.82) is 0 Å². The molecule has 0 spiro atoms. The van der Waals surface area contributed by atoms with Gasteiger partial charge >= 0.3 is 0 Å². The first kappa shape index (κ1) is 17.5. The molecular weight excluding hydrogens is 326 g/mol. The zero-order valence-corrected chi connectivity index (χ0v) is 15.9. The Balaban J connectivity index is 1.36. The van der Waals surface area contributed by atoms with E-state index in [-0.39, 0.29) is 0 Å². The smallest absolute Gasteiger partial charge is 0.123 e. The van der Waals surface area contributed by atoms with Crippen molar-refractivity contribution in [2.75, 3.05) is 46.9 Å². The molecule has 2 aromatic rings. The summed E-state index contributed by atoms with van der Waals surface area (Å²) in [6, 6.07) is 8.38. The summed E-state index contributed by atoms with van der Waals surface area (Å²) in [7, 11) is 3.91. The standard InChI is InChI=1S/C20H29N5O/c1-22-7-9-23(10-8-22)15-18-13-21-20-16-24(11-12-25(18)20)14-17-3-5-19(26-2)6-4-17/h3-6,13H,7-12,14-16H2,1-2H3. The van der Waals surface area contributed by atoms with Crippen LogP contribution >= 0.6 is 0 Å². The van der Waals surface area contributed by atoms with Crippen molar-refractivity contribution >= 4 is 0 Å². The van der Waals surface area contributed by atoms with E-state index in [1.54, 1.807) is 7.11 Å². The third-order valence-electron chi connectivity index (χ3n) is 5.57. The van der Waals surface area contributed by atoms with E-state index in [1.807, 2.05) is 12.1 Å². The van der Waals surface area contributed by atoms with E-state index < -0.39 is 0 Å². The summed E-state index contributed by atoms with van der Waals surface area (Å²) in [5.74, 6) is 2.12. The zero-order valence-electron chi connectivity index (χ0n) is 15.9. The molecule has 1 fully saturated rings. The van der Waals surface area contributed by atoms with Gasteiger partial charge in [0, 0.05) is 58.6 Å². The van der Waals surface area contributed by atoms with Crippen LogP contribution in [0, 0.1) is 0 Å². The van der Waals surface area contributed by atoms with Crippen LogP contribution < -0.4 is 4.74 Å². The minimum atomic E-state index is 0.913. The Kier molecular flexibility index (Phi) is 5.24. The maximum Gasteiger partial charge on any atom is 0.123 e. The summed E-state index contributed by atoms with van der Waals surface area (Å²) in [4.78, 5) is 12.1. The second-order valence-electron chi connectivity index (χ2n) is 7.46. The van der Waals surface area contributed by atoms with Crippen molar-refractivity contribution < 1.29 is 4.74 Å². The van der Waals surface area contributed by atoms with Crippen molar-refractivity contribution in [2.24, 2.45) is 0 Å². The zero-order chi connectivity index (χ0) is 17.9. The maximum absolute atomic E-state index is 5.24. The molecule has 0 N–H and O–H groups in total. The van der Waals surface area contributed by atoms with Gasteiger partial charge in [0.2, 0.25) is 0 Å². The fourth-order valence-corrected chi connectivity index (χ4v) is 3.86. The monoisotopic (exact) mass is 355 g/mol. The molecule has 1 aromatic carbocycles. The van der Waals surface area contributed by atoms with Crippen LogP contribution in [0.25, 0.3) is 0 Å². The highest BCUT2D eigenvalue weighted by atomic mass is 16.5. The molecule has 6 nitrogen and oxygen atoms in total. The Hall–Kier alpha value is -1.89. The van der Waals surface area contributed by atoms with E-state index in [9.17, 15) is 0 Å². The molecular formula is C20H29N5O. The lowest BCUT2D eigenvalue weighted by atomic mass is 10.2. The number of hydrogen-bond donors (Lipinski definition) is 0. The van der Waals surface area contributed by atoms with Gasteiger partial charge in [-0.05, 0) is 24.7 Å². The number of fused-ring (bicyclic) bond motifs is 1. The molecule has 0 bridgehead atoms. The number of aromatic nitrogens is 2. The molecule has 4 rings (SSSR count). The van der Waals surface area contributed by atoms with Gasteiger partial charge in [-0.2, -0.15) is 0 Å². The first-order valence-corrected chi connectivity index (χ1v) is 9.51. The van der Waals surface area contributed by atoms with Gasteiger partial charge in [0.15, 0.2) is 0 Å². The summed E-state index contributed by atoms with van der Waals surface area (Å²) in [5, 5.41) is 0. The molecule has 6 heteroatoms. The normalized spacial score (nSPS) is 19.5. The Morgan fingerprint density at radius 2 is 1.65 bits per heavy atom. The molecule has 0 atom stereocenters. The highest BCUT2D eigenvalue weighted by Gasteiger charge is 2.22. The first-order valence-electron chi connectivity index (χ1n) is 9.51. The highest BCUT2D eigenvalue weighted by Crippen LogP contribution is 2.19. The molecule has 0 saturated carbocycles. The summed E-state index contributed by atoms with van der Waals surface area (Å²) >= 11 is 0. The Labute approximate surface area is 156 Å². The molecule has 2 aliphatic rings. The van der Waals surface area contributed by atoms with E-state index in [4.69, 9.17) is 9.72 Å². The molecule has 140 valence electrons. The number of rotatable bonds is 5. The van der Waals surface area contributed by atoms with Gasteiger partial charge in [0.25, 0.3) is 0 Å². The third-order valence-corrected chi connectivity index (χ3v) is 5.57. The number of likely N-dealkylation sites (N-methyl/N-ethyl adjacent to an activating group) is 1. The van der Waals surface area contributed by atoms with Crippen LogP contribution in [0.5, 0.6) is 5.75 Å². The number of piperazine rings is 1. The minimum Gasteiger partial charge on any atom is -0.497 e. The molecule has 0 radical (unpaired) electrons. The van der Waals surface area contributed by atoms with Crippen molar-refractivity contribution in [2.45, 2.75) is 26.2 Å². The Bertz CT molecular complexity index is 718. The van der Waals surface area contributed by atoms with Crippen LogP contribution in [0.3, 0.4) is 0 Å². The van der Waals surface area contributed by atoms with Crippen molar-refractivity contribution in [3.63, 3.8) is 0 Å². The lowest BCUT2D eigenvalue weighted by Crippen LogP contribution is -2.44. The van der Waals surface area contributed by atoms with Crippen molar-refractivity contribution in [3.05, 3.63) is 47.5 Å². The second kappa shape index (κ2) is 7.78. The number of benzene rings is 1. The number of hydrogen-bond acceptors (Lipinski definition) is 5. The van der Waals surface area contributed by atoms with Crippen molar-refractivity contribution in [1.82, 2.24) is 24.3 Å². The molecule has 3 heterocycles. The number of methoxy groups -OCH3 is 1. The van der Waals surface area contributed by atoms with E-state index in [0.29, 0.717) is 0 Å². The summed E-state index contributed by atoms with van der Waals surface area (Å²) < 4.78 is 7.68. The largest absolute Gasteiger partial charge is 0.497 e. The van der Waals surface area contributed by atoms with E-state index in [2.05, 4.69) is 44.6 Å². The summed E-state index contributed by atoms with van der Waals surface area (Å²) in [6.07, 6.45) is 2.09. The molecule has 0 amide bonds. The lowest BCUT2D eigenvalue weighted by molar-refractivity contribution is 0.143. The maximum atomic E-state index is 5.24. The average Bonchev–Trinajstić information content (AvgIpc) is 3.06. The number of imidazole rings is 1. The molecule has 0 unspecified atom stereocenters. The predicted octanol–water partition coefficient (Wildman–Crippen LogP) is 1.65. The van der Waals surface area contributed by atoms with Gasteiger partial charge in [-0.1, -0.05) is 12.1 Å². The van der Waals surface area contributed by atoms with Crippen molar-refractivity contribution in [3.8, 4) is 5.75 Å². The fraction of sp³-hybridized carbons (Fsp3) is 0.550. The second-order valence-corrected chi connectivity index (χ2v) is 7.46. The van der Waals surface area contributed by atoms with Crippen LogP contribution in [0.15, 0.2) is 30.5 Å². The summed E-state index contributed by atoms with van der Waals surface area (Å²) in [6.45, 7) is 9.66. The third kappa shape index (κ3) is 3.92. The molecule has 2 aliphatic heterocycles. The average molecular weight is 355 g/mol.